The lowest BCUT2D eigenvalue weighted by atomic mass is 10.3. The Balaban J connectivity index is 2.07. The maximum absolute atomic E-state index is 13.0. The number of nitrogens with one attached hydrogen (secondary N) is 1. The quantitative estimate of drug-likeness (QED) is 0.940. The fraction of sp³-hybridized carbons (Fsp3) is 0.0833. The van der Waals surface area contributed by atoms with Gasteiger partial charge >= 0.3 is 0 Å². The standard InChI is InChI=1S/C12H8BrFN2O/c13-11-4-1-8(14)5-12(11)16-7-10-3-2-9(6-15)17-10/h1-5,16H,7H2. The van der Waals surface area contributed by atoms with E-state index in [2.05, 4.69) is 21.2 Å². The predicted molar refractivity (Wildman–Crippen MR) is 64.8 cm³/mol. The van der Waals surface area contributed by atoms with Crippen LogP contribution in [0.4, 0.5) is 10.1 Å². The molecule has 0 bridgehead atoms. The summed E-state index contributed by atoms with van der Waals surface area (Å²) >= 11 is 3.31. The molecule has 0 atom stereocenters. The highest BCUT2D eigenvalue weighted by Crippen LogP contribution is 2.23. The van der Waals surface area contributed by atoms with Gasteiger partial charge in [0.2, 0.25) is 5.76 Å². The molecule has 0 saturated carbocycles. The Bertz CT molecular complexity index is 574. The summed E-state index contributed by atoms with van der Waals surface area (Å²) in [5.74, 6) is 0.575. The van der Waals surface area contributed by atoms with Crippen molar-refractivity contribution in [3.05, 3.63) is 52.1 Å². The fourth-order valence-electron chi connectivity index (χ4n) is 1.35. The van der Waals surface area contributed by atoms with E-state index in [0.29, 0.717) is 18.0 Å². The zero-order valence-electron chi connectivity index (χ0n) is 8.71. The minimum Gasteiger partial charge on any atom is -0.449 e. The third kappa shape index (κ3) is 2.86. The van der Waals surface area contributed by atoms with Crippen molar-refractivity contribution in [1.29, 1.82) is 5.26 Å². The van der Waals surface area contributed by atoms with Gasteiger partial charge in [-0.3, -0.25) is 0 Å². The number of anilines is 1. The molecule has 17 heavy (non-hydrogen) atoms. The molecule has 1 aromatic heterocycles. The molecular weight excluding hydrogens is 287 g/mol. The van der Waals surface area contributed by atoms with Crippen LogP contribution in [0, 0.1) is 17.1 Å². The molecule has 0 saturated heterocycles. The number of halogens is 2. The molecule has 86 valence electrons. The highest BCUT2D eigenvalue weighted by molar-refractivity contribution is 9.10. The molecule has 0 aliphatic rings. The molecule has 0 unspecified atom stereocenters. The van der Waals surface area contributed by atoms with E-state index in [0.717, 1.165) is 4.47 Å². The van der Waals surface area contributed by atoms with Gasteiger partial charge in [-0.2, -0.15) is 5.26 Å². The van der Waals surface area contributed by atoms with Crippen LogP contribution in [0.3, 0.4) is 0 Å². The van der Waals surface area contributed by atoms with Gasteiger partial charge in [-0.05, 0) is 46.3 Å². The van der Waals surface area contributed by atoms with Gasteiger partial charge in [-0.25, -0.2) is 4.39 Å². The van der Waals surface area contributed by atoms with Crippen LogP contribution in [0.15, 0.2) is 39.2 Å². The Morgan fingerprint density at radius 2 is 2.18 bits per heavy atom. The van der Waals surface area contributed by atoms with Crippen molar-refractivity contribution in [3.63, 3.8) is 0 Å². The first kappa shape index (κ1) is 11.7. The lowest BCUT2D eigenvalue weighted by molar-refractivity contribution is 0.506. The summed E-state index contributed by atoms with van der Waals surface area (Å²) in [5.41, 5.74) is 0.639. The van der Waals surface area contributed by atoms with E-state index in [-0.39, 0.29) is 11.6 Å². The summed E-state index contributed by atoms with van der Waals surface area (Å²) in [5, 5.41) is 11.6. The number of hydrogen-bond acceptors (Lipinski definition) is 3. The average Bonchev–Trinajstić information content (AvgIpc) is 2.78. The molecule has 2 rings (SSSR count). The molecule has 0 radical (unpaired) electrons. The van der Waals surface area contributed by atoms with Crippen molar-refractivity contribution >= 4 is 21.6 Å². The van der Waals surface area contributed by atoms with Gasteiger partial charge in [0.1, 0.15) is 17.6 Å². The molecule has 0 spiro atoms. The summed E-state index contributed by atoms with van der Waals surface area (Å²) in [6, 6.07) is 9.59. The molecular formula is C12H8BrFN2O. The highest BCUT2D eigenvalue weighted by Gasteiger charge is 2.04. The van der Waals surface area contributed by atoms with Gasteiger partial charge in [0, 0.05) is 4.47 Å². The van der Waals surface area contributed by atoms with E-state index in [1.54, 1.807) is 18.2 Å². The monoisotopic (exact) mass is 294 g/mol. The van der Waals surface area contributed by atoms with Crippen LogP contribution < -0.4 is 5.32 Å². The minimum absolute atomic E-state index is 0.264. The first-order valence-electron chi connectivity index (χ1n) is 4.87. The van der Waals surface area contributed by atoms with E-state index in [1.165, 1.54) is 12.1 Å². The number of nitriles is 1. The van der Waals surface area contributed by atoms with Crippen LogP contribution in [-0.2, 0) is 6.54 Å². The normalized spacial score (nSPS) is 9.94. The van der Waals surface area contributed by atoms with Crippen molar-refractivity contribution in [2.45, 2.75) is 6.54 Å². The van der Waals surface area contributed by atoms with Crippen LogP contribution in [0.25, 0.3) is 0 Å². The van der Waals surface area contributed by atoms with Gasteiger partial charge in [0.05, 0.1) is 12.2 Å². The zero-order chi connectivity index (χ0) is 12.3. The van der Waals surface area contributed by atoms with Gasteiger partial charge in [0.25, 0.3) is 0 Å². The third-order valence-electron chi connectivity index (χ3n) is 2.15. The Morgan fingerprint density at radius 1 is 1.35 bits per heavy atom. The van der Waals surface area contributed by atoms with Crippen molar-refractivity contribution in [2.75, 3.05) is 5.32 Å². The van der Waals surface area contributed by atoms with Crippen LogP contribution in [0.1, 0.15) is 11.5 Å². The van der Waals surface area contributed by atoms with E-state index in [4.69, 9.17) is 9.68 Å². The summed E-state index contributed by atoms with van der Waals surface area (Å²) in [6.45, 7) is 0.393. The average molecular weight is 295 g/mol. The Hall–Kier alpha value is -1.80. The fourth-order valence-corrected chi connectivity index (χ4v) is 1.74. The van der Waals surface area contributed by atoms with Gasteiger partial charge < -0.3 is 9.73 Å². The smallest absolute Gasteiger partial charge is 0.203 e. The Kier molecular flexibility index (Phi) is 3.45. The predicted octanol–water partition coefficient (Wildman–Crippen LogP) is 3.66. The molecule has 0 fully saturated rings. The second kappa shape index (κ2) is 5.02. The zero-order valence-corrected chi connectivity index (χ0v) is 10.3. The topological polar surface area (TPSA) is 49.0 Å². The van der Waals surface area contributed by atoms with Gasteiger partial charge in [-0.15, -0.1) is 0 Å². The van der Waals surface area contributed by atoms with Crippen molar-refractivity contribution in [1.82, 2.24) is 0 Å². The Labute approximate surface area is 106 Å². The summed E-state index contributed by atoms with van der Waals surface area (Å²) < 4.78 is 19.0. The second-order valence-corrected chi connectivity index (χ2v) is 4.21. The summed E-state index contributed by atoms with van der Waals surface area (Å²) in [6.07, 6.45) is 0. The van der Waals surface area contributed by atoms with Crippen molar-refractivity contribution in [3.8, 4) is 6.07 Å². The van der Waals surface area contributed by atoms with Gasteiger partial charge in [0.15, 0.2) is 0 Å². The SMILES string of the molecule is N#Cc1ccc(CNc2cc(F)ccc2Br)o1. The molecule has 2 aromatic rings. The largest absolute Gasteiger partial charge is 0.449 e. The Morgan fingerprint density at radius 3 is 2.88 bits per heavy atom. The number of furan rings is 1. The number of hydrogen-bond donors (Lipinski definition) is 1. The molecule has 0 aliphatic heterocycles. The van der Waals surface area contributed by atoms with Crippen LogP contribution >= 0.6 is 15.9 Å². The van der Waals surface area contributed by atoms with Crippen LogP contribution in [0.2, 0.25) is 0 Å². The maximum Gasteiger partial charge on any atom is 0.203 e. The molecule has 1 N–H and O–H groups in total. The molecule has 1 aromatic carbocycles. The lowest BCUT2D eigenvalue weighted by Crippen LogP contribution is -1.99. The first-order valence-corrected chi connectivity index (χ1v) is 5.66. The van der Waals surface area contributed by atoms with Gasteiger partial charge in [-0.1, -0.05) is 0 Å². The summed E-state index contributed by atoms with van der Waals surface area (Å²) in [4.78, 5) is 0. The highest BCUT2D eigenvalue weighted by atomic mass is 79.9. The molecule has 0 aliphatic carbocycles. The van der Waals surface area contributed by atoms with E-state index in [9.17, 15) is 4.39 Å². The number of nitrogens with zero attached hydrogens (tertiary/aromatic N) is 1. The second-order valence-electron chi connectivity index (χ2n) is 3.36. The molecule has 3 nitrogen and oxygen atoms in total. The van der Waals surface area contributed by atoms with E-state index in [1.807, 2.05) is 6.07 Å². The molecule has 1 heterocycles. The van der Waals surface area contributed by atoms with Crippen LogP contribution in [-0.4, -0.2) is 0 Å². The molecule has 0 amide bonds. The van der Waals surface area contributed by atoms with E-state index < -0.39 is 0 Å². The van der Waals surface area contributed by atoms with Crippen molar-refractivity contribution < 1.29 is 8.81 Å². The van der Waals surface area contributed by atoms with Crippen LogP contribution in [0.5, 0.6) is 0 Å². The minimum atomic E-state index is -0.312. The number of rotatable bonds is 3. The first-order chi connectivity index (χ1) is 8.19. The van der Waals surface area contributed by atoms with Crippen molar-refractivity contribution in [2.24, 2.45) is 0 Å². The van der Waals surface area contributed by atoms with E-state index >= 15 is 0 Å². The maximum atomic E-state index is 13.0. The number of benzene rings is 1. The summed E-state index contributed by atoms with van der Waals surface area (Å²) in [7, 11) is 0. The third-order valence-corrected chi connectivity index (χ3v) is 2.84. The molecule has 5 heteroatoms. The lowest BCUT2D eigenvalue weighted by Gasteiger charge is -2.06.